The fourth-order valence-corrected chi connectivity index (χ4v) is 1.18. The molecular formula is C11H25NO. The molecule has 0 aromatic carbocycles. The van der Waals surface area contributed by atoms with Crippen LogP contribution in [-0.4, -0.2) is 18.8 Å². The van der Waals surface area contributed by atoms with Crippen LogP contribution in [0.25, 0.3) is 0 Å². The van der Waals surface area contributed by atoms with Gasteiger partial charge in [-0.15, -0.1) is 0 Å². The lowest BCUT2D eigenvalue weighted by molar-refractivity contribution is 0.0784. The van der Waals surface area contributed by atoms with E-state index in [1.165, 1.54) is 19.3 Å². The Morgan fingerprint density at radius 3 is 2.15 bits per heavy atom. The van der Waals surface area contributed by atoms with Crippen molar-refractivity contribution in [3.63, 3.8) is 0 Å². The van der Waals surface area contributed by atoms with E-state index in [0.29, 0.717) is 6.61 Å². The predicted octanol–water partition coefficient (Wildman–Crippen LogP) is 2.71. The van der Waals surface area contributed by atoms with Gasteiger partial charge < -0.3 is 10.5 Å². The van der Waals surface area contributed by atoms with Crippen molar-refractivity contribution in [3.8, 4) is 0 Å². The Balaban J connectivity index is 3.39. The molecule has 0 aliphatic heterocycles. The van der Waals surface area contributed by atoms with Crippen LogP contribution in [0.4, 0.5) is 0 Å². The normalized spacial score (nSPS) is 12.0. The molecule has 0 spiro atoms. The SMILES string of the molecule is CCCCCOCC(N)(CC)CC. The Labute approximate surface area is 82.8 Å². The molecule has 0 saturated carbocycles. The molecule has 0 saturated heterocycles. The Hall–Kier alpha value is -0.0800. The molecule has 0 atom stereocenters. The van der Waals surface area contributed by atoms with Gasteiger partial charge >= 0.3 is 0 Å². The van der Waals surface area contributed by atoms with E-state index in [0.717, 1.165) is 19.4 Å². The molecule has 0 aromatic heterocycles. The van der Waals surface area contributed by atoms with Crippen molar-refractivity contribution in [1.29, 1.82) is 0 Å². The van der Waals surface area contributed by atoms with E-state index < -0.39 is 0 Å². The maximum absolute atomic E-state index is 6.09. The van der Waals surface area contributed by atoms with Crippen LogP contribution in [-0.2, 0) is 4.74 Å². The summed E-state index contributed by atoms with van der Waals surface area (Å²) in [7, 11) is 0. The van der Waals surface area contributed by atoms with E-state index in [4.69, 9.17) is 10.5 Å². The molecule has 2 heteroatoms. The molecule has 0 amide bonds. The Kier molecular flexibility index (Phi) is 7.29. The van der Waals surface area contributed by atoms with Crippen molar-refractivity contribution < 1.29 is 4.74 Å². The summed E-state index contributed by atoms with van der Waals surface area (Å²) in [4.78, 5) is 0. The quantitative estimate of drug-likeness (QED) is 0.593. The standard InChI is InChI=1S/C11H25NO/c1-4-7-8-9-13-10-11(12,5-2)6-3/h4-10,12H2,1-3H3. The summed E-state index contributed by atoms with van der Waals surface area (Å²) in [5.41, 5.74) is 6.00. The van der Waals surface area contributed by atoms with Crippen LogP contribution in [0.3, 0.4) is 0 Å². The van der Waals surface area contributed by atoms with E-state index in [9.17, 15) is 0 Å². The van der Waals surface area contributed by atoms with Crippen LogP contribution < -0.4 is 5.73 Å². The molecule has 0 fully saturated rings. The summed E-state index contributed by atoms with van der Waals surface area (Å²) in [5, 5.41) is 0. The van der Waals surface area contributed by atoms with Crippen LogP contribution in [0.15, 0.2) is 0 Å². The van der Waals surface area contributed by atoms with Gasteiger partial charge in [-0.3, -0.25) is 0 Å². The van der Waals surface area contributed by atoms with Crippen molar-refractivity contribution >= 4 is 0 Å². The lowest BCUT2D eigenvalue weighted by Gasteiger charge is -2.26. The average Bonchev–Trinajstić information content (AvgIpc) is 2.17. The molecule has 2 nitrogen and oxygen atoms in total. The van der Waals surface area contributed by atoms with Crippen molar-refractivity contribution in [3.05, 3.63) is 0 Å². The highest BCUT2D eigenvalue weighted by atomic mass is 16.5. The average molecular weight is 187 g/mol. The van der Waals surface area contributed by atoms with E-state index in [1.807, 2.05) is 0 Å². The summed E-state index contributed by atoms with van der Waals surface area (Å²) in [6.07, 6.45) is 5.67. The van der Waals surface area contributed by atoms with E-state index in [-0.39, 0.29) is 5.54 Å². The highest BCUT2D eigenvalue weighted by molar-refractivity contribution is 4.80. The first-order chi connectivity index (χ1) is 6.18. The second-order valence-corrected chi connectivity index (χ2v) is 3.83. The predicted molar refractivity (Wildman–Crippen MR) is 57.8 cm³/mol. The maximum atomic E-state index is 6.09. The highest BCUT2D eigenvalue weighted by Gasteiger charge is 2.19. The molecule has 0 aliphatic carbocycles. The van der Waals surface area contributed by atoms with Gasteiger partial charge in [0.05, 0.1) is 6.61 Å². The molecule has 80 valence electrons. The van der Waals surface area contributed by atoms with Crippen molar-refractivity contribution in [1.82, 2.24) is 0 Å². The minimum atomic E-state index is -0.0911. The van der Waals surface area contributed by atoms with Gasteiger partial charge in [0, 0.05) is 12.1 Å². The van der Waals surface area contributed by atoms with Gasteiger partial charge in [-0.25, -0.2) is 0 Å². The summed E-state index contributed by atoms with van der Waals surface area (Å²) in [5.74, 6) is 0. The van der Waals surface area contributed by atoms with Crippen molar-refractivity contribution in [2.45, 2.75) is 58.4 Å². The lowest BCUT2D eigenvalue weighted by Crippen LogP contribution is -2.43. The van der Waals surface area contributed by atoms with Gasteiger partial charge in [0.15, 0.2) is 0 Å². The molecule has 0 aromatic rings. The minimum Gasteiger partial charge on any atom is -0.380 e. The van der Waals surface area contributed by atoms with Crippen molar-refractivity contribution in [2.75, 3.05) is 13.2 Å². The first-order valence-electron chi connectivity index (χ1n) is 5.55. The smallest absolute Gasteiger partial charge is 0.0645 e. The number of ether oxygens (including phenoxy) is 1. The monoisotopic (exact) mass is 187 g/mol. The minimum absolute atomic E-state index is 0.0911. The molecule has 0 bridgehead atoms. The maximum Gasteiger partial charge on any atom is 0.0645 e. The fraction of sp³-hybridized carbons (Fsp3) is 1.00. The number of hydrogen-bond donors (Lipinski definition) is 1. The third kappa shape index (κ3) is 6.05. The first-order valence-corrected chi connectivity index (χ1v) is 5.55. The van der Waals surface area contributed by atoms with Gasteiger partial charge in [-0.2, -0.15) is 0 Å². The number of hydrogen-bond acceptors (Lipinski definition) is 2. The van der Waals surface area contributed by atoms with E-state index >= 15 is 0 Å². The van der Waals surface area contributed by atoms with Gasteiger partial charge in [0.2, 0.25) is 0 Å². The van der Waals surface area contributed by atoms with Gasteiger partial charge in [-0.1, -0.05) is 33.6 Å². The highest BCUT2D eigenvalue weighted by Crippen LogP contribution is 2.11. The molecule has 13 heavy (non-hydrogen) atoms. The summed E-state index contributed by atoms with van der Waals surface area (Å²) in [6.45, 7) is 8.03. The second kappa shape index (κ2) is 7.34. The van der Waals surface area contributed by atoms with Crippen LogP contribution >= 0.6 is 0 Å². The third-order valence-electron chi connectivity index (χ3n) is 2.69. The first kappa shape index (κ1) is 12.9. The molecular weight excluding hydrogens is 162 g/mol. The number of rotatable bonds is 8. The van der Waals surface area contributed by atoms with Crippen molar-refractivity contribution in [2.24, 2.45) is 5.73 Å². The zero-order valence-electron chi connectivity index (χ0n) is 9.44. The number of nitrogens with two attached hydrogens (primary N) is 1. The van der Waals surface area contributed by atoms with E-state index in [1.54, 1.807) is 0 Å². The van der Waals surface area contributed by atoms with Gasteiger partial charge in [0.1, 0.15) is 0 Å². The van der Waals surface area contributed by atoms with Gasteiger partial charge in [0.25, 0.3) is 0 Å². The zero-order chi connectivity index (χ0) is 10.2. The summed E-state index contributed by atoms with van der Waals surface area (Å²) < 4.78 is 5.56. The fourth-order valence-electron chi connectivity index (χ4n) is 1.18. The Morgan fingerprint density at radius 2 is 1.69 bits per heavy atom. The lowest BCUT2D eigenvalue weighted by atomic mass is 9.96. The topological polar surface area (TPSA) is 35.2 Å². The Bertz CT molecular complexity index is 111. The molecule has 0 heterocycles. The zero-order valence-corrected chi connectivity index (χ0v) is 9.44. The largest absolute Gasteiger partial charge is 0.380 e. The van der Waals surface area contributed by atoms with E-state index in [2.05, 4.69) is 20.8 Å². The molecule has 2 N–H and O–H groups in total. The number of unbranched alkanes of at least 4 members (excludes halogenated alkanes) is 2. The van der Waals surface area contributed by atoms with Crippen LogP contribution in [0.2, 0.25) is 0 Å². The second-order valence-electron chi connectivity index (χ2n) is 3.83. The molecule has 0 unspecified atom stereocenters. The third-order valence-corrected chi connectivity index (χ3v) is 2.69. The van der Waals surface area contributed by atoms with Crippen LogP contribution in [0.5, 0.6) is 0 Å². The molecule has 0 rings (SSSR count). The molecule has 0 aliphatic rings. The van der Waals surface area contributed by atoms with Gasteiger partial charge in [-0.05, 0) is 19.3 Å². The summed E-state index contributed by atoms with van der Waals surface area (Å²) >= 11 is 0. The Morgan fingerprint density at radius 1 is 1.08 bits per heavy atom. The van der Waals surface area contributed by atoms with Crippen LogP contribution in [0, 0.1) is 0 Å². The van der Waals surface area contributed by atoms with Crippen LogP contribution in [0.1, 0.15) is 52.9 Å². The molecule has 0 radical (unpaired) electrons. The summed E-state index contributed by atoms with van der Waals surface area (Å²) in [6, 6.07) is 0.